The molecule has 25 heavy (non-hydrogen) atoms. The number of carbonyl (C=O) groups excluding carboxylic acids is 2. The first-order chi connectivity index (χ1) is 11.9. The predicted molar refractivity (Wildman–Crippen MR) is 96.4 cm³/mol. The third-order valence-corrected chi connectivity index (χ3v) is 4.02. The van der Waals surface area contributed by atoms with E-state index in [1.165, 1.54) is 0 Å². The standard InChI is InChI=1S/C20H22N2O3/c1-20(2,13-25-12-14-6-4-3-5-7-14)22-19(24)16-9-8-15-11-18(23)21-17(15)10-16/h3-10H,11-13H2,1-2H3,(H,21,23)(H,22,24). The molecule has 2 N–H and O–H groups in total. The second-order valence-electron chi connectivity index (χ2n) is 6.91. The van der Waals surface area contributed by atoms with E-state index in [1.807, 2.05) is 50.2 Å². The Hall–Kier alpha value is -2.66. The summed E-state index contributed by atoms with van der Waals surface area (Å²) in [6, 6.07) is 15.2. The molecule has 0 bridgehead atoms. The average molecular weight is 338 g/mol. The fourth-order valence-electron chi connectivity index (χ4n) is 2.77. The topological polar surface area (TPSA) is 67.4 Å². The lowest BCUT2D eigenvalue weighted by molar-refractivity contribution is -0.115. The van der Waals surface area contributed by atoms with E-state index in [4.69, 9.17) is 4.74 Å². The summed E-state index contributed by atoms with van der Waals surface area (Å²) in [4.78, 5) is 23.9. The van der Waals surface area contributed by atoms with Crippen LogP contribution in [-0.4, -0.2) is 24.0 Å². The van der Waals surface area contributed by atoms with E-state index in [-0.39, 0.29) is 11.8 Å². The Bertz CT molecular complexity index is 785. The van der Waals surface area contributed by atoms with Crippen LogP contribution >= 0.6 is 0 Å². The van der Waals surface area contributed by atoms with E-state index >= 15 is 0 Å². The molecule has 0 atom stereocenters. The molecule has 2 aromatic carbocycles. The maximum atomic E-state index is 12.5. The van der Waals surface area contributed by atoms with Crippen molar-refractivity contribution in [3.05, 3.63) is 65.2 Å². The first-order valence-electron chi connectivity index (χ1n) is 8.30. The van der Waals surface area contributed by atoms with Gasteiger partial charge in [-0.15, -0.1) is 0 Å². The van der Waals surface area contributed by atoms with E-state index in [2.05, 4.69) is 10.6 Å². The number of benzene rings is 2. The van der Waals surface area contributed by atoms with Crippen LogP contribution in [0.25, 0.3) is 0 Å². The average Bonchev–Trinajstić information content (AvgIpc) is 2.94. The van der Waals surface area contributed by atoms with Crippen molar-refractivity contribution in [1.29, 1.82) is 0 Å². The molecule has 1 aliphatic rings. The minimum absolute atomic E-state index is 0.0396. The molecule has 2 aromatic rings. The molecule has 0 aliphatic carbocycles. The summed E-state index contributed by atoms with van der Waals surface area (Å²) in [6.45, 7) is 4.75. The van der Waals surface area contributed by atoms with Gasteiger partial charge in [-0.2, -0.15) is 0 Å². The van der Waals surface area contributed by atoms with E-state index in [0.717, 1.165) is 16.8 Å². The highest BCUT2D eigenvalue weighted by Gasteiger charge is 2.24. The Kier molecular flexibility index (Phi) is 4.86. The van der Waals surface area contributed by atoms with Gasteiger partial charge in [-0.25, -0.2) is 0 Å². The molecule has 0 unspecified atom stereocenters. The first kappa shape index (κ1) is 17.2. The third kappa shape index (κ3) is 4.45. The van der Waals surface area contributed by atoms with Gasteiger partial charge in [0.15, 0.2) is 0 Å². The van der Waals surface area contributed by atoms with Crippen molar-refractivity contribution in [1.82, 2.24) is 5.32 Å². The Morgan fingerprint density at radius 1 is 1.20 bits per heavy atom. The maximum Gasteiger partial charge on any atom is 0.251 e. The van der Waals surface area contributed by atoms with Gasteiger partial charge in [-0.3, -0.25) is 9.59 Å². The summed E-state index contributed by atoms with van der Waals surface area (Å²) in [5.74, 6) is -0.223. The number of hydrogen-bond acceptors (Lipinski definition) is 3. The zero-order valence-corrected chi connectivity index (χ0v) is 14.5. The summed E-state index contributed by atoms with van der Waals surface area (Å²) in [5.41, 5.74) is 2.76. The van der Waals surface area contributed by atoms with Crippen molar-refractivity contribution < 1.29 is 14.3 Å². The zero-order chi connectivity index (χ0) is 17.9. The molecule has 1 heterocycles. The highest BCUT2D eigenvalue weighted by atomic mass is 16.5. The SMILES string of the molecule is CC(C)(COCc1ccccc1)NC(=O)c1ccc2c(c1)NC(=O)C2. The van der Waals surface area contributed by atoms with Gasteiger partial charge in [0.2, 0.25) is 5.91 Å². The molecule has 1 aliphatic heterocycles. The van der Waals surface area contributed by atoms with Gasteiger partial charge >= 0.3 is 0 Å². The van der Waals surface area contributed by atoms with Crippen molar-refractivity contribution in [3.63, 3.8) is 0 Å². The highest BCUT2D eigenvalue weighted by Crippen LogP contribution is 2.24. The number of hydrogen-bond donors (Lipinski definition) is 2. The molecule has 0 aromatic heterocycles. The van der Waals surface area contributed by atoms with E-state index in [0.29, 0.717) is 25.2 Å². The van der Waals surface area contributed by atoms with Crippen LogP contribution < -0.4 is 10.6 Å². The lowest BCUT2D eigenvalue weighted by Gasteiger charge is -2.26. The van der Waals surface area contributed by atoms with Crippen molar-refractivity contribution >= 4 is 17.5 Å². The van der Waals surface area contributed by atoms with E-state index in [1.54, 1.807) is 12.1 Å². The summed E-state index contributed by atoms with van der Waals surface area (Å²) in [7, 11) is 0. The van der Waals surface area contributed by atoms with Crippen LogP contribution in [-0.2, 0) is 22.6 Å². The van der Waals surface area contributed by atoms with Crippen LogP contribution in [0.1, 0.15) is 35.3 Å². The maximum absolute atomic E-state index is 12.5. The molecule has 0 saturated carbocycles. The number of anilines is 1. The Labute approximate surface area is 147 Å². The molecule has 0 fully saturated rings. The van der Waals surface area contributed by atoms with Crippen molar-refractivity contribution in [2.45, 2.75) is 32.4 Å². The fraction of sp³-hybridized carbons (Fsp3) is 0.300. The summed E-state index contributed by atoms with van der Waals surface area (Å²) in [5, 5.41) is 5.75. The number of fused-ring (bicyclic) bond motifs is 1. The number of rotatable bonds is 6. The Balaban J connectivity index is 1.56. The van der Waals surface area contributed by atoms with Crippen LogP contribution in [0.2, 0.25) is 0 Å². The van der Waals surface area contributed by atoms with Crippen LogP contribution in [0.4, 0.5) is 5.69 Å². The number of ether oxygens (including phenoxy) is 1. The molecule has 0 spiro atoms. The van der Waals surface area contributed by atoms with Crippen LogP contribution in [0.3, 0.4) is 0 Å². The number of amides is 2. The second kappa shape index (κ2) is 7.07. The van der Waals surface area contributed by atoms with Gasteiger partial charge in [-0.05, 0) is 37.1 Å². The minimum Gasteiger partial charge on any atom is -0.374 e. The predicted octanol–water partition coefficient (Wildman–Crippen LogP) is 2.91. The monoisotopic (exact) mass is 338 g/mol. The van der Waals surface area contributed by atoms with Gasteiger partial charge in [0.25, 0.3) is 5.91 Å². The quantitative estimate of drug-likeness (QED) is 0.851. The van der Waals surface area contributed by atoms with Crippen LogP contribution in [0, 0.1) is 0 Å². The molecule has 3 rings (SSSR count). The van der Waals surface area contributed by atoms with Crippen LogP contribution in [0.15, 0.2) is 48.5 Å². The highest BCUT2D eigenvalue weighted by molar-refractivity contribution is 6.02. The normalized spacial score (nSPS) is 13.3. The van der Waals surface area contributed by atoms with Gasteiger partial charge < -0.3 is 15.4 Å². The van der Waals surface area contributed by atoms with Gasteiger partial charge in [0.05, 0.1) is 25.2 Å². The zero-order valence-electron chi connectivity index (χ0n) is 14.5. The van der Waals surface area contributed by atoms with Crippen molar-refractivity contribution in [3.8, 4) is 0 Å². The van der Waals surface area contributed by atoms with Crippen molar-refractivity contribution in [2.75, 3.05) is 11.9 Å². The molecule has 2 amide bonds. The lowest BCUT2D eigenvalue weighted by atomic mass is 10.0. The smallest absolute Gasteiger partial charge is 0.251 e. The molecule has 130 valence electrons. The van der Waals surface area contributed by atoms with Gasteiger partial charge in [-0.1, -0.05) is 36.4 Å². The molecule has 0 saturated heterocycles. The Morgan fingerprint density at radius 3 is 2.72 bits per heavy atom. The lowest BCUT2D eigenvalue weighted by Crippen LogP contribution is -2.47. The van der Waals surface area contributed by atoms with Gasteiger partial charge in [0.1, 0.15) is 0 Å². The fourth-order valence-corrected chi connectivity index (χ4v) is 2.77. The summed E-state index contributed by atoms with van der Waals surface area (Å²) < 4.78 is 5.74. The second-order valence-corrected chi connectivity index (χ2v) is 6.91. The van der Waals surface area contributed by atoms with E-state index < -0.39 is 5.54 Å². The number of carbonyl (C=O) groups is 2. The molecular weight excluding hydrogens is 316 g/mol. The third-order valence-electron chi connectivity index (χ3n) is 4.02. The number of nitrogens with one attached hydrogen (secondary N) is 2. The van der Waals surface area contributed by atoms with Gasteiger partial charge in [0, 0.05) is 11.3 Å². The summed E-state index contributed by atoms with van der Waals surface area (Å²) >= 11 is 0. The molecule has 5 nitrogen and oxygen atoms in total. The van der Waals surface area contributed by atoms with Crippen LogP contribution in [0.5, 0.6) is 0 Å². The van der Waals surface area contributed by atoms with Crippen molar-refractivity contribution in [2.24, 2.45) is 0 Å². The Morgan fingerprint density at radius 2 is 1.96 bits per heavy atom. The molecule has 5 heteroatoms. The minimum atomic E-state index is -0.506. The molecular formula is C20H22N2O3. The largest absolute Gasteiger partial charge is 0.374 e. The van der Waals surface area contributed by atoms with E-state index in [9.17, 15) is 9.59 Å². The first-order valence-corrected chi connectivity index (χ1v) is 8.30. The molecule has 0 radical (unpaired) electrons. The summed E-state index contributed by atoms with van der Waals surface area (Å²) in [6.07, 6.45) is 0.371.